The highest BCUT2D eigenvalue weighted by Crippen LogP contribution is 2.29. The minimum absolute atomic E-state index is 0.0642. The molecule has 0 atom stereocenters. The third-order valence-corrected chi connectivity index (χ3v) is 4.68. The Bertz CT molecular complexity index is 722. The summed E-state index contributed by atoms with van der Waals surface area (Å²) in [6.07, 6.45) is 5.39. The van der Waals surface area contributed by atoms with Crippen molar-refractivity contribution >= 4 is 5.91 Å². The van der Waals surface area contributed by atoms with Gasteiger partial charge in [0.1, 0.15) is 5.75 Å². The molecular weight excluding hydrogens is 310 g/mol. The molecule has 0 saturated carbocycles. The van der Waals surface area contributed by atoms with Gasteiger partial charge in [-0.3, -0.25) is 4.79 Å². The molecule has 25 heavy (non-hydrogen) atoms. The first-order valence-electron chi connectivity index (χ1n) is 9.12. The number of amides is 1. The number of carbonyl (C=O) groups is 1. The highest BCUT2D eigenvalue weighted by molar-refractivity contribution is 5.78. The number of hydrogen-bond acceptors (Lipinski definition) is 2. The molecule has 1 amide bonds. The van der Waals surface area contributed by atoms with Crippen LogP contribution in [-0.2, 0) is 24.1 Å². The molecule has 132 valence electrons. The quantitative estimate of drug-likeness (QED) is 0.862. The molecule has 0 heterocycles. The van der Waals surface area contributed by atoms with Gasteiger partial charge in [-0.1, -0.05) is 42.5 Å². The molecular formula is C22H27NO2. The lowest BCUT2D eigenvalue weighted by Gasteiger charge is -2.27. The zero-order chi connectivity index (χ0) is 17.7. The van der Waals surface area contributed by atoms with Crippen LogP contribution in [0.1, 0.15) is 43.4 Å². The van der Waals surface area contributed by atoms with E-state index in [-0.39, 0.29) is 18.1 Å². The van der Waals surface area contributed by atoms with Crippen molar-refractivity contribution in [3.05, 3.63) is 65.2 Å². The summed E-state index contributed by atoms with van der Waals surface area (Å²) >= 11 is 0. The predicted octanol–water partition coefficient (Wildman–Crippen LogP) is 4.08. The van der Waals surface area contributed by atoms with Crippen molar-refractivity contribution < 1.29 is 9.53 Å². The molecule has 0 radical (unpaired) electrons. The molecule has 2 aromatic carbocycles. The van der Waals surface area contributed by atoms with Crippen LogP contribution in [-0.4, -0.2) is 18.1 Å². The summed E-state index contributed by atoms with van der Waals surface area (Å²) in [7, 11) is 0. The molecule has 1 aliphatic carbocycles. The van der Waals surface area contributed by atoms with Gasteiger partial charge >= 0.3 is 0 Å². The number of nitrogens with one attached hydrogen (secondary N) is 1. The van der Waals surface area contributed by atoms with Crippen LogP contribution in [0.4, 0.5) is 0 Å². The lowest BCUT2D eigenvalue weighted by atomic mass is 9.91. The number of aryl methyl sites for hydroxylation is 1. The molecule has 1 aliphatic rings. The number of rotatable bonds is 6. The van der Waals surface area contributed by atoms with E-state index in [1.165, 1.54) is 29.5 Å². The number of ether oxygens (including phenoxy) is 1. The van der Waals surface area contributed by atoms with Crippen LogP contribution in [0.5, 0.6) is 5.75 Å². The largest absolute Gasteiger partial charge is 0.483 e. The molecule has 0 saturated heterocycles. The second-order valence-corrected chi connectivity index (χ2v) is 7.48. The fourth-order valence-electron chi connectivity index (χ4n) is 3.59. The smallest absolute Gasteiger partial charge is 0.258 e. The van der Waals surface area contributed by atoms with E-state index in [2.05, 4.69) is 23.5 Å². The molecule has 3 nitrogen and oxygen atoms in total. The average Bonchev–Trinajstić information content (AvgIpc) is 2.60. The number of hydrogen-bond donors (Lipinski definition) is 1. The van der Waals surface area contributed by atoms with Crippen LogP contribution < -0.4 is 10.1 Å². The Hall–Kier alpha value is -2.29. The van der Waals surface area contributed by atoms with Crippen LogP contribution in [0.15, 0.2) is 48.5 Å². The monoisotopic (exact) mass is 337 g/mol. The van der Waals surface area contributed by atoms with E-state index in [1.807, 2.05) is 44.2 Å². The molecule has 0 unspecified atom stereocenters. The number of benzene rings is 2. The van der Waals surface area contributed by atoms with Crippen LogP contribution in [0, 0.1) is 0 Å². The fourth-order valence-corrected chi connectivity index (χ4v) is 3.59. The maximum Gasteiger partial charge on any atom is 0.258 e. The SMILES string of the molecule is CC(C)(Cc1ccccc1)NC(=O)COc1cccc2c1CCCC2. The van der Waals surface area contributed by atoms with Crippen LogP contribution in [0.25, 0.3) is 0 Å². The van der Waals surface area contributed by atoms with Crippen LogP contribution >= 0.6 is 0 Å². The van der Waals surface area contributed by atoms with Gasteiger partial charge in [0.05, 0.1) is 0 Å². The second-order valence-electron chi connectivity index (χ2n) is 7.48. The molecule has 0 aromatic heterocycles. The minimum atomic E-state index is -0.308. The maximum atomic E-state index is 12.4. The zero-order valence-electron chi connectivity index (χ0n) is 15.2. The minimum Gasteiger partial charge on any atom is -0.483 e. The number of fused-ring (bicyclic) bond motifs is 1. The van der Waals surface area contributed by atoms with Crippen molar-refractivity contribution in [1.82, 2.24) is 5.32 Å². The van der Waals surface area contributed by atoms with Gasteiger partial charge in [0.25, 0.3) is 5.91 Å². The van der Waals surface area contributed by atoms with Gasteiger partial charge in [-0.25, -0.2) is 0 Å². The molecule has 0 aliphatic heterocycles. The van der Waals surface area contributed by atoms with Crippen molar-refractivity contribution in [2.45, 2.75) is 51.5 Å². The normalized spacial score (nSPS) is 13.8. The van der Waals surface area contributed by atoms with E-state index in [0.29, 0.717) is 0 Å². The summed E-state index contributed by atoms with van der Waals surface area (Å²) in [6, 6.07) is 16.4. The first-order valence-corrected chi connectivity index (χ1v) is 9.12. The fraction of sp³-hybridized carbons (Fsp3) is 0.409. The summed E-state index contributed by atoms with van der Waals surface area (Å²) in [5.41, 5.74) is 3.56. The molecule has 0 fully saturated rings. The summed E-state index contributed by atoms with van der Waals surface area (Å²) < 4.78 is 5.85. The van der Waals surface area contributed by atoms with Crippen molar-refractivity contribution in [1.29, 1.82) is 0 Å². The highest BCUT2D eigenvalue weighted by Gasteiger charge is 2.21. The van der Waals surface area contributed by atoms with E-state index >= 15 is 0 Å². The van der Waals surface area contributed by atoms with Crippen molar-refractivity contribution in [2.24, 2.45) is 0 Å². The Morgan fingerprint density at radius 1 is 1.04 bits per heavy atom. The van der Waals surface area contributed by atoms with Gasteiger partial charge in [0.2, 0.25) is 0 Å². The Balaban J connectivity index is 1.56. The van der Waals surface area contributed by atoms with E-state index in [9.17, 15) is 4.79 Å². The highest BCUT2D eigenvalue weighted by atomic mass is 16.5. The third kappa shape index (κ3) is 4.85. The maximum absolute atomic E-state index is 12.4. The van der Waals surface area contributed by atoms with E-state index in [4.69, 9.17) is 4.74 Å². The van der Waals surface area contributed by atoms with Crippen LogP contribution in [0.2, 0.25) is 0 Å². The van der Waals surface area contributed by atoms with Gasteiger partial charge in [0, 0.05) is 5.54 Å². The lowest BCUT2D eigenvalue weighted by Crippen LogP contribution is -2.47. The first-order chi connectivity index (χ1) is 12.0. The summed E-state index contributed by atoms with van der Waals surface area (Å²) in [5.74, 6) is 0.794. The van der Waals surface area contributed by atoms with E-state index in [0.717, 1.165) is 25.0 Å². The Morgan fingerprint density at radius 3 is 2.60 bits per heavy atom. The predicted molar refractivity (Wildman–Crippen MR) is 101 cm³/mol. The molecule has 0 bridgehead atoms. The average molecular weight is 337 g/mol. The molecule has 3 rings (SSSR count). The van der Waals surface area contributed by atoms with Gasteiger partial charge in [-0.05, 0) is 68.7 Å². The van der Waals surface area contributed by atoms with Gasteiger partial charge in [0.15, 0.2) is 6.61 Å². The molecule has 2 aromatic rings. The summed E-state index contributed by atoms with van der Waals surface area (Å²) in [6.45, 7) is 4.15. The molecule has 1 N–H and O–H groups in total. The van der Waals surface area contributed by atoms with Crippen molar-refractivity contribution in [3.63, 3.8) is 0 Å². The van der Waals surface area contributed by atoms with Gasteiger partial charge in [-0.15, -0.1) is 0 Å². The lowest BCUT2D eigenvalue weighted by molar-refractivity contribution is -0.124. The first kappa shape index (κ1) is 17.5. The van der Waals surface area contributed by atoms with E-state index in [1.54, 1.807) is 0 Å². The van der Waals surface area contributed by atoms with Gasteiger partial charge < -0.3 is 10.1 Å². The topological polar surface area (TPSA) is 38.3 Å². The van der Waals surface area contributed by atoms with E-state index < -0.39 is 0 Å². The third-order valence-electron chi connectivity index (χ3n) is 4.68. The summed E-state index contributed by atoms with van der Waals surface area (Å²) in [4.78, 5) is 12.4. The van der Waals surface area contributed by atoms with Crippen LogP contribution in [0.3, 0.4) is 0 Å². The standard InChI is InChI=1S/C22H27NO2/c1-22(2,15-17-9-4-3-5-10-17)23-21(24)16-25-20-14-8-12-18-11-6-7-13-19(18)20/h3-5,8-10,12,14H,6-7,11,13,15-16H2,1-2H3,(H,23,24). The molecule has 3 heteroatoms. The van der Waals surface area contributed by atoms with Crippen molar-refractivity contribution in [2.75, 3.05) is 6.61 Å². The zero-order valence-corrected chi connectivity index (χ0v) is 15.2. The van der Waals surface area contributed by atoms with Gasteiger partial charge in [-0.2, -0.15) is 0 Å². The Kier molecular flexibility index (Phi) is 5.42. The second kappa shape index (κ2) is 7.73. The molecule has 0 spiro atoms. The Morgan fingerprint density at radius 2 is 1.80 bits per heavy atom. The van der Waals surface area contributed by atoms with Crippen molar-refractivity contribution in [3.8, 4) is 5.75 Å². The Labute approximate surface area is 150 Å². The number of carbonyl (C=O) groups excluding carboxylic acids is 1. The summed E-state index contributed by atoms with van der Waals surface area (Å²) in [5, 5.41) is 3.09.